The summed E-state index contributed by atoms with van der Waals surface area (Å²) in [4.78, 5) is 22.2. The van der Waals surface area contributed by atoms with E-state index in [1.165, 1.54) is 25.2 Å². The maximum absolute atomic E-state index is 13.4. The smallest absolute Gasteiger partial charge is 0.305 e. The molecule has 0 aliphatic rings. The number of carboxylic acid groups (broad SMARTS) is 1. The number of carbonyl (C=O) groups excluding carboxylic acids is 1. The van der Waals surface area contributed by atoms with Crippen LogP contribution in [0.15, 0.2) is 18.2 Å². The molecule has 5 nitrogen and oxygen atoms in total. The Morgan fingerprint density at radius 3 is 2.75 bits per heavy atom. The number of halogens is 2. The Kier molecular flexibility index (Phi) is 6.57. The Morgan fingerprint density at radius 2 is 2.20 bits per heavy atom. The van der Waals surface area contributed by atoms with Crippen molar-refractivity contribution >= 4 is 23.4 Å². The minimum absolute atomic E-state index is 0.152. The van der Waals surface area contributed by atoms with Crippen LogP contribution in [0, 0.1) is 5.82 Å². The van der Waals surface area contributed by atoms with Crippen molar-refractivity contribution in [2.45, 2.75) is 19.1 Å². The van der Waals surface area contributed by atoms with Gasteiger partial charge in [0.1, 0.15) is 12.4 Å². The third-order valence-electron chi connectivity index (χ3n) is 2.67. The van der Waals surface area contributed by atoms with E-state index in [9.17, 15) is 14.0 Å². The minimum Gasteiger partial charge on any atom is -0.481 e. The van der Waals surface area contributed by atoms with Crippen molar-refractivity contribution < 1.29 is 23.8 Å². The molecule has 0 fully saturated rings. The summed E-state index contributed by atoms with van der Waals surface area (Å²) in [6.07, 6.45) is -0.334. The van der Waals surface area contributed by atoms with E-state index in [0.29, 0.717) is 0 Å². The van der Waals surface area contributed by atoms with E-state index in [-0.39, 0.29) is 30.2 Å². The Labute approximate surface area is 120 Å². The summed E-state index contributed by atoms with van der Waals surface area (Å²) < 4.78 is 18.5. The molecule has 0 aliphatic carbocycles. The molecule has 0 spiro atoms. The van der Waals surface area contributed by atoms with E-state index in [4.69, 9.17) is 21.4 Å². The maximum atomic E-state index is 13.4. The first-order valence-corrected chi connectivity index (χ1v) is 6.26. The number of rotatable bonds is 8. The standard InChI is InChI=1S/C13H15ClFNO4/c1-16-11(5-13(18)19)12(17)7-20-6-8-9(14)3-2-4-10(8)15/h2-4,11,16H,5-7H2,1H3,(H,18,19)/t11-/m0/s1. The van der Waals surface area contributed by atoms with Crippen molar-refractivity contribution in [1.82, 2.24) is 5.32 Å². The van der Waals surface area contributed by atoms with Crippen LogP contribution in [-0.2, 0) is 20.9 Å². The zero-order chi connectivity index (χ0) is 15.1. The number of hydrogen-bond acceptors (Lipinski definition) is 4. The lowest BCUT2D eigenvalue weighted by atomic mass is 10.1. The van der Waals surface area contributed by atoms with E-state index in [0.717, 1.165) is 0 Å². The van der Waals surface area contributed by atoms with Crippen molar-refractivity contribution in [1.29, 1.82) is 0 Å². The van der Waals surface area contributed by atoms with Gasteiger partial charge < -0.3 is 15.2 Å². The summed E-state index contributed by atoms with van der Waals surface area (Å²) in [7, 11) is 1.49. The topological polar surface area (TPSA) is 75.6 Å². The minimum atomic E-state index is -1.09. The van der Waals surface area contributed by atoms with Crippen LogP contribution >= 0.6 is 11.6 Å². The summed E-state index contributed by atoms with van der Waals surface area (Å²) in [6.45, 7) is -0.468. The number of benzene rings is 1. The highest BCUT2D eigenvalue weighted by Crippen LogP contribution is 2.19. The molecule has 0 unspecified atom stereocenters. The Hall–Kier alpha value is -1.50. The van der Waals surface area contributed by atoms with E-state index < -0.39 is 23.6 Å². The summed E-state index contributed by atoms with van der Waals surface area (Å²) in [5.41, 5.74) is 0.168. The number of carbonyl (C=O) groups is 2. The molecule has 20 heavy (non-hydrogen) atoms. The molecule has 0 radical (unpaired) electrons. The SMILES string of the molecule is CN[C@@H](CC(=O)O)C(=O)COCc1c(F)cccc1Cl. The lowest BCUT2D eigenvalue weighted by Crippen LogP contribution is -2.38. The number of ether oxygens (including phenoxy) is 1. The van der Waals surface area contributed by atoms with Crippen LogP contribution in [-0.4, -0.2) is 36.6 Å². The molecule has 1 aromatic rings. The third-order valence-corrected chi connectivity index (χ3v) is 3.02. The van der Waals surface area contributed by atoms with Gasteiger partial charge in [-0.1, -0.05) is 17.7 Å². The normalized spacial score (nSPS) is 12.2. The van der Waals surface area contributed by atoms with Crippen LogP contribution in [0.2, 0.25) is 5.02 Å². The van der Waals surface area contributed by atoms with Gasteiger partial charge in [-0.3, -0.25) is 9.59 Å². The van der Waals surface area contributed by atoms with Gasteiger partial charge in [-0.15, -0.1) is 0 Å². The van der Waals surface area contributed by atoms with Gasteiger partial charge in [0.05, 0.1) is 19.1 Å². The maximum Gasteiger partial charge on any atom is 0.305 e. The largest absolute Gasteiger partial charge is 0.481 e. The van der Waals surface area contributed by atoms with Gasteiger partial charge in [0, 0.05) is 10.6 Å². The first-order valence-electron chi connectivity index (χ1n) is 5.88. The van der Waals surface area contributed by atoms with Gasteiger partial charge in [0.15, 0.2) is 5.78 Å². The quantitative estimate of drug-likeness (QED) is 0.763. The molecule has 0 saturated heterocycles. The van der Waals surface area contributed by atoms with Gasteiger partial charge in [-0.2, -0.15) is 0 Å². The van der Waals surface area contributed by atoms with Crippen LogP contribution in [0.3, 0.4) is 0 Å². The van der Waals surface area contributed by atoms with E-state index in [2.05, 4.69) is 5.32 Å². The lowest BCUT2D eigenvalue weighted by molar-refractivity contribution is -0.140. The summed E-state index contributed by atoms with van der Waals surface area (Å²) in [5.74, 6) is -2.02. The van der Waals surface area contributed by atoms with Crippen LogP contribution in [0.5, 0.6) is 0 Å². The van der Waals surface area contributed by atoms with Gasteiger partial charge in [-0.05, 0) is 19.2 Å². The fourth-order valence-electron chi connectivity index (χ4n) is 1.58. The Balaban J connectivity index is 2.51. The highest BCUT2D eigenvalue weighted by Gasteiger charge is 2.20. The van der Waals surface area contributed by atoms with E-state index in [1.807, 2.05) is 0 Å². The molecule has 1 aromatic carbocycles. The molecule has 1 rings (SSSR count). The predicted octanol–water partition coefficient (Wildman–Crippen LogP) is 1.63. The van der Waals surface area contributed by atoms with Gasteiger partial charge in [0.25, 0.3) is 0 Å². The molecule has 0 bridgehead atoms. The molecule has 0 aliphatic heterocycles. The van der Waals surface area contributed by atoms with Gasteiger partial charge >= 0.3 is 5.97 Å². The monoisotopic (exact) mass is 303 g/mol. The highest BCUT2D eigenvalue weighted by atomic mass is 35.5. The molecule has 0 aromatic heterocycles. The average molecular weight is 304 g/mol. The zero-order valence-electron chi connectivity index (χ0n) is 10.9. The van der Waals surface area contributed by atoms with Crippen molar-refractivity contribution in [3.8, 4) is 0 Å². The number of hydrogen-bond donors (Lipinski definition) is 2. The van der Waals surface area contributed by atoms with Crippen molar-refractivity contribution in [2.75, 3.05) is 13.7 Å². The van der Waals surface area contributed by atoms with Crippen molar-refractivity contribution in [3.63, 3.8) is 0 Å². The number of aliphatic carboxylic acids is 1. The molecule has 0 heterocycles. The fraction of sp³-hybridized carbons (Fsp3) is 0.385. The number of likely N-dealkylation sites (N-methyl/N-ethyl adjacent to an activating group) is 1. The molecular formula is C13H15ClFNO4. The van der Waals surface area contributed by atoms with Crippen LogP contribution in [0.4, 0.5) is 4.39 Å². The number of Topliss-reactive ketones (excluding diaryl/α,β-unsaturated/α-hetero) is 1. The highest BCUT2D eigenvalue weighted by molar-refractivity contribution is 6.31. The van der Waals surface area contributed by atoms with Crippen molar-refractivity contribution in [3.05, 3.63) is 34.6 Å². The fourth-order valence-corrected chi connectivity index (χ4v) is 1.79. The second-order valence-electron chi connectivity index (χ2n) is 4.10. The Bertz CT molecular complexity index is 475. The molecule has 110 valence electrons. The van der Waals surface area contributed by atoms with Crippen molar-refractivity contribution in [2.24, 2.45) is 0 Å². The second kappa shape index (κ2) is 7.94. The van der Waals surface area contributed by atoms with Gasteiger partial charge in [-0.25, -0.2) is 4.39 Å². The van der Waals surface area contributed by atoms with Crippen LogP contribution < -0.4 is 5.32 Å². The molecule has 1 atom stereocenters. The zero-order valence-corrected chi connectivity index (χ0v) is 11.6. The van der Waals surface area contributed by atoms with Crippen LogP contribution in [0.1, 0.15) is 12.0 Å². The van der Waals surface area contributed by atoms with E-state index >= 15 is 0 Å². The molecule has 0 amide bonds. The molecule has 0 saturated carbocycles. The molecular weight excluding hydrogens is 289 g/mol. The van der Waals surface area contributed by atoms with Crippen LogP contribution in [0.25, 0.3) is 0 Å². The molecule has 2 N–H and O–H groups in total. The number of ketones is 1. The van der Waals surface area contributed by atoms with Gasteiger partial charge in [0.2, 0.25) is 0 Å². The number of nitrogens with one attached hydrogen (secondary N) is 1. The second-order valence-corrected chi connectivity index (χ2v) is 4.51. The lowest BCUT2D eigenvalue weighted by Gasteiger charge is -2.13. The Morgan fingerprint density at radius 1 is 1.50 bits per heavy atom. The summed E-state index contributed by atoms with van der Waals surface area (Å²) >= 11 is 5.81. The summed E-state index contributed by atoms with van der Waals surface area (Å²) in [6, 6.07) is 3.40. The first kappa shape index (κ1) is 16.6. The summed E-state index contributed by atoms with van der Waals surface area (Å²) in [5, 5.41) is 11.4. The third kappa shape index (κ3) is 4.88. The number of carboxylic acids is 1. The van der Waals surface area contributed by atoms with E-state index in [1.54, 1.807) is 0 Å². The molecule has 7 heteroatoms. The average Bonchev–Trinajstić information content (AvgIpc) is 2.39. The predicted molar refractivity (Wildman–Crippen MR) is 71.2 cm³/mol. The first-order chi connectivity index (χ1) is 9.45.